The lowest BCUT2D eigenvalue weighted by molar-refractivity contribution is 0.0772. The lowest BCUT2D eigenvalue weighted by Crippen LogP contribution is -2.66. The highest BCUT2D eigenvalue weighted by molar-refractivity contribution is 6.31. The first kappa shape index (κ1) is 22.3. The van der Waals surface area contributed by atoms with E-state index in [4.69, 9.17) is 27.9 Å². The van der Waals surface area contributed by atoms with Crippen LogP contribution in [0.3, 0.4) is 0 Å². The molecule has 9 heteroatoms. The molecule has 1 aromatic heterocycles. The number of aromatic nitrogens is 1. The first-order chi connectivity index (χ1) is 15.9. The summed E-state index contributed by atoms with van der Waals surface area (Å²) in [6.07, 6.45) is 3.81. The lowest BCUT2D eigenvalue weighted by atomic mass is 9.71. The van der Waals surface area contributed by atoms with Gasteiger partial charge in [-0.25, -0.2) is 14.8 Å². The molecule has 0 saturated heterocycles. The van der Waals surface area contributed by atoms with Crippen LogP contribution in [-0.4, -0.2) is 35.1 Å². The van der Waals surface area contributed by atoms with Crippen LogP contribution >= 0.6 is 23.2 Å². The van der Waals surface area contributed by atoms with Gasteiger partial charge in [0.05, 0.1) is 10.5 Å². The van der Waals surface area contributed by atoms with Crippen molar-refractivity contribution < 1.29 is 13.9 Å². The molecule has 3 aromatic rings. The van der Waals surface area contributed by atoms with Crippen LogP contribution in [0.2, 0.25) is 10.0 Å². The van der Waals surface area contributed by atoms with Crippen molar-refractivity contribution in [3.8, 4) is 5.75 Å². The minimum absolute atomic E-state index is 0.0484. The number of fused-ring (bicyclic) bond motifs is 2. The Morgan fingerprint density at radius 2 is 1.88 bits per heavy atom. The number of amides is 1. The minimum Gasteiger partial charge on any atom is -0.492 e. The van der Waals surface area contributed by atoms with Crippen molar-refractivity contribution in [1.29, 1.82) is 0 Å². The van der Waals surface area contributed by atoms with E-state index in [1.807, 2.05) is 12.1 Å². The van der Waals surface area contributed by atoms with Gasteiger partial charge < -0.3 is 10.1 Å². The molecule has 6 nitrogen and oxygen atoms in total. The van der Waals surface area contributed by atoms with Crippen molar-refractivity contribution >= 4 is 40.0 Å². The van der Waals surface area contributed by atoms with Crippen LogP contribution in [0.4, 0.5) is 4.39 Å². The van der Waals surface area contributed by atoms with E-state index in [-0.39, 0.29) is 22.0 Å². The Balaban J connectivity index is 1.08. The maximum Gasteiger partial charge on any atom is 0.283 e. The van der Waals surface area contributed by atoms with Crippen molar-refractivity contribution in [3.05, 3.63) is 70.1 Å². The summed E-state index contributed by atoms with van der Waals surface area (Å²) in [6, 6.07) is 13.3. The number of hydrogen-bond donors (Lipinski definition) is 3. The van der Waals surface area contributed by atoms with Gasteiger partial charge in [0, 0.05) is 34.1 Å². The molecule has 6 rings (SSSR count). The molecule has 3 N–H and O–H groups in total. The fourth-order valence-electron chi connectivity index (χ4n) is 4.97. The van der Waals surface area contributed by atoms with E-state index in [0.717, 1.165) is 36.6 Å². The number of ether oxygens (including phenoxy) is 1. The van der Waals surface area contributed by atoms with Crippen molar-refractivity contribution in [2.75, 3.05) is 13.2 Å². The summed E-state index contributed by atoms with van der Waals surface area (Å²) in [5.41, 5.74) is 7.10. The second-order valence-electron chi connectivity index (χ2n) is 8.88. The van der Waals surface area contributed by atoms with E-state index in [0.29, 0.717) is 29.6 Å². The number of halogens is 3. The number of pyridine rings is 1. The molecular weight excluding hydrogens is 466 g/mol. The van der Waals surface area contributed by atoms with Gasteiger partial charge >= 0.3 is 0 Å². The van der Waals surface area contributed by atoms with Crippen LogP contribution in [0.1, 0.15) is 36.2 Å². The highest BCUT2D eigenvalue weighted by Crippen LogP contribution is 2.54. The average molecular weight is 489 g/mol. The van der Waals surface area contributed by atoms with Gasteiger partial charge in [0.2, 0.25) is 0 Å². The van der Waals surface area contributed by atoms with E-state index < -0.39 is 5.82 Å². The molecule has 0 radical (unpaired) electrons. The summed E-state index contributed by atoms with van der Waals surface area (Å²) in [4.78, 5) is 17.0. The van der Waals surface area contributed by atoms with Gasteiger partial charge in [-0.3, -0.25) is 10.2 Å². The van der Waals surface area contributed by atoms with Gasteiger partial charge in [0.15, 0.2) is 0 Å². The summed E-state index contributed by atoms with van der Waals surface area (Å²) < 4.78 is 19.1. The van der Waals surface area contributed by atoms with Gasteiger partial charge in [0.1, 0.15) is 23.9 Å². The highest BCUT2D eigenvalue weighted by Gasteiger charge is 2.60. The summed E-state index contributed by atoms with van der Waals surface area (Å²) in [5.74, 6) is -0.292. The smallest absolute Gasteiger partial charge is 0.283 e. The van der Waals surface area contributed by atoms with Gasteiger partial charge in [-0.1, -0.05) is 29.3 Å². The summed E-state index contributed by atoms with van der Waals surface area (Å²) in [5, 5.41) is 5.17. The maximum absolute atomic E-state index is 13.5. The van der Waals surface area contributed by atoms with E-state index in [1.165, 1.54) is 12.1 Å². The van der Waals surface area contributed by atoms with Gasteiger partial charge in [-0.05, 0) is 62.1 Å². The molecule has 2 aromatic carbocycles. The molecular formula is C24H23Cl2FN4O2. The first-order valence-corrected chi connectivity index (χ1v) is 11.6. The lowest BCUT2D eigenvalue weighted by Gasteiger charge is -2.48. The highest BCUT2D eigenvalue weighted by atomic mass is 35.5. The Bertz CT molecular complexity index is 1220. The summed E-state index contributed by atoms with van der Waals surface area (Å²) in [6.45, 7) is 1.08. The topological polar surface area (TPSA) is 75.3 Å². The molecule has 0 spiro atoms. The van der Waals surface area contributed by atoms with Crippen molar-refractivity contribution in [3.63, 3.8) is 0 Å². The van der Waals surface area contributed by atoms with Gasteiger partial charge in [0.25, 0.3) is 5.91 Å². The minimum atomic E-state index is -0.489. The van der Waals surface area contributed by atoms with Crippen LogP contribution in [0.15, 0.2) is 48.5 Å². The number of benzene rings is 2. The van der Waals surface area contributed by atoms with Crippen LogP contribution in [0, 0.1) is 5.82 Å². The maximum atomic E-state index is 13.5. The zero-order valence-corrected chi connectivity index (χ0v) is 19.3. The molecule has 0 unspecified atom stereocenters. The normalized spacial score (nSPS) is 23.4. The monoisotopic (exact) mass is 488 g/mol. The number of carbonyl (C=O) groups excluding carboxylic acids is 1. The Hall–Kier alpha value is -2.45. The fraction of sp³-hybridized carbons (Fsp3) is 0.333. The second-order valence-corrected chi connectivity index (χ2v) is 9.72. The molecule has 2 bridgehead atoms. The summed E-state index contributed by atoms with van der Waals surface area (Å²) in [7, 11) is 0. The third-order valence-electron chi connectivity index (χ3n) is 6.52. The number of hydrazine groups is 1. The molecule has 1 amide bonds. The average Bonchev–Trinajstić information content (AvgIpc) is 3.33. The van der Waals surface area contributed by atoms with Gasteiger partial charge in [-0.2, -0.15) is 0 Å². The molecule has 3 aliphatic carbocycles. The molecule has 33 heavy (non-hydrogen) atoms. The van der Waals surface area contributed by atoms with Crippen molar-refractivity contribution in [2.45, 2.75) is 36.8 Å². The fourth-order valence-corrected chi connectivity index (χ4v) is 5.27. The third kappa shape index (κ3) is 4.64. The summed E-state index contributed by atoms with van der Waals surface area (Å²) >= 11 is 11.7. The number of nitrogens with one attached hydrogen (secondary N) is 3. The van der Waals surface area contributed by atoms with Gasteiger partial charge in [-0.15, -0.1) is 0 Å². The zero-order valence-electron chi connectivity index (χ0n) is 17.8. The van der Waals surface area contributed by atoms with Crippen LogP contribution < -0.4 is 20.9 Å². The first-order valence-electron chi connectivity index (χ1n) is 10.8. The molecule has 0 atom stereocenters. The van der Waals surface area contributed by atoms with E-state index >= 15 is 0 Å². The predicted molar refractivity (Wildman–Crippen MR) is 126 cm³/mol. The second kappa shape index (κ2) is 8.72. The third-order valence-corrected chi connectivity index (χ3v) is 7.06. The standard InChI is InChI=1S/C24H23Cl2FN4O2/c25-16-2-6-20-15(11-16)1-5-21(29-20)22(32)30-31-24-8-7-23(13-24,14-24)28-9-10-33-17-3-4-18(26)19(27)12-17/h1-6,11-12,28,31H,7-10,13-14H2,(H,30,32). The van der Waals surface area contributed by atoms with Crippen molar-refractivity contribution in [1.82, 2.24) is 21.2 Å². The van der Waals surface area contributed by atoms with Crippen LogP contribution in [0.5, 0.6) is 5.75 Å². The zero-order chi connectivity index (χ0) is 23.1. The van der Waals surface area contributed by atoms with E-state index in [9.17, 15) is 9.18 Å². The Kier molecular flexibility index (Phi) is 5.91. The Morgan fingerprint density at radius 1 is 1.06 bits per heavy atom. The Morgan fingerprint density at radius 3 is 2.70 bits per heavy atom. The molecule has 1 heterocycles. The number of nitrogens with zero attached hydrogens (tertiary/aromatic N) is 1. The molecule has 172 valence electrons. The van der Waals surface area contributed by atoms with E-state index in [1.54, 1.807) is 24.3 Å². The molecule has 3 fully saturated rings. The predicted octanol–water partition coefficient (Wildman–Crippen LogP) is 4.65. The number of rotatable bonds is 8. The van der Waals surface area contributed by atoms with Crippen LogP contribution in [-0.2, 0) is 0 Å². The number of hydrogen-bond acceptors (Lipinski definition) is 5. The van der Waals surface area contributed by atoms with E-state index in [2.05, 4.69) is 21.2 Å². The quantitative estimate of drug-likeness (QED) is 0.317. The molecule has 3 aliphatic rings. The molecule has 3 saturated carbocycles. The largest absolute Gasteiger partial charge is 0.492 e. The molecule has 0 aliphatic heterocycles. The number of carbonyl (C=O) groups is 1. The SMILES string of the molecule is O=C(NNC12CCC(NCCOc3ccc(Cl)c(F)c3)(C1)C2)c1ccc2cc(Cl)ccc2n1. The Labute approximate surface area is 200 Å². The van der Waals surface area contributed by atoms with Crippen LogP contribution in [0.25, 0.3) is 10.9 Å². The van der Waals surface area contributed by atoms with Crippen molar-refractivity contribution in [2.24, 2.45) is 0 Å².